The second-order valence-electron chi connectivity index (χ2n) is 8.38. The van der Waals surface area contributed by atoms with Crippen molar-refractivity contribution in [3.05, 3.63) is 78.4 Å². The van der Waals surface area contributed by atoms with E-state index in [2.05, 4.69) is 91.2 Å². The first kappa shape index (κ1) is 17.5. The Labute approximate surface area is 176 Å². The molecule has 146 valence electrons. The van der Waals surface area contributed by atoms with Crippen molar-refractivity contribution in [3.8, 4) is 11.4 Å². The molecular weight excluding hydrogens is 364 g/mol. The Hall–Kier alpha value is -3.39. The van der Waals surface area contributed by atoms with E-state index >= 15 is 0 Å². The number of aryl methyl sites for hydroxylation is 2. The maximum Gasteiger partial charge on any atom is 0.141 e. The van der Waals surface area contributed by atoms with Gasteiger partial charge in [0, 0.05) is 22.9 Å². The number of benzene rings is 5. The van der Waals surface area contributed by atoms with E-state index in [1.165, 1.54) is 49.0 Å². The topological polar surface area (TPSA) is 17.8 Å². The molecule has 0 spiro atoms. The Morgan fingerprint density at radius 1 is 0.767 bits per heavy atom. The molecule has 30 heavy (non-hydrogen) atoms. The molecule has 6 rings (SSSR count). The minimum Gasteiger partial charge on any atom is -0.323 e. The molecule has 1 aromatic heterocycles. The SMILES string of the molecule is CCCCn1c(-c2ccc(C)cc2)nc2c3cccc4ccc5cccc(c5c43)c21. The third kappa shape index (κ3) is 2.40. The first-order valence-corrected chi connectivity index (χ1v) is 10.9. The molecule has 0 amide bonds. The van der Waals surface area contributed by atoms with E-state index in [0.29, 0.717) is 0 Å². The van der Waals surface area contributed by atoms with Crippen LogP contribution < -0.4 is 0 Å². The van der Waals surface area contributed by atoms with Crippen molar-refractivity contribution in [2.45, 2.75) is 33.2 Å². The van der Waals surface area contributed by atoms with Crippen LogP contribution in [0.5, 0.6) is 0 Å². The number of unbranched alkanes of at least 4 members (excludes halogenated alkanes) is 1. The summed E-state index contributed by atoms with van der Waals surface area (Å²) in [7, 11) is 0. The maximum atomic E-state index is 5.28. The van der Waals surface area contributed by atoms with Crippen molar-refractivity contribution in [2.75, 3.05) is 0 Å². The van der Waals surface area contributed by atoms with Crippen LogP contribution in [0.1, 0.15) is 25.3 Å². The van der Waals surface area contributed by atoms with Crippen molar-refractivity contribution >= 4 is 43.4 Å². The van der Waals surface area contributed by atoms with Gasteiger partial charge in [-0.1, -0.05) is 91.7 Å². The van der Waals surface area contributed by atoms with E-state index in [4.69, 9.17) is 4.98 Å². The minimum absolute atomic E-state index is 0.983. The fourth-order valence-electron chi connectivity index (χ4n) is 4.92. The lowest BCUT2D eigenvalue weighted by Gasteiger charge is -2.14. The second-order valence-corrected chi connectivity index (χ2v) is 8.38. The summed E-state index contributed by atoms with van der Waals surface area (Å²) in [5.74, 6) is 1.08. The normalized spacial score (nSPS) is 12.1. The standard InChI is InChI=1S/C28H24N2/c1-3-4-17-30-27-23-10-6-8-20-16-15-19-7-5-9-22(24(19)25(20)23)26(27)29-28(30)21-13-11-18(2)12-14-21/h5-16H,3-4,17H2,1-2H3. The van der Waals surface area contributed by atoms with Crippen molar-refractivity contribution in [1.82, 2.24) is 9.55 Å². The monoisotopic (exact) mass is 388 g/mol. The summed E-state index contributed by atoms with van der Waals surface area (Å²) in [6, 6.07) is 26.6. The quantitative estimate of drug-likeness (QED) is 0.283. The van der Waals surface area contributed by atoms with Crippen molar-refractivity contribution in [3.63, 3.8) is 0 Å². The number of fused-ring (bicyclic) bond motifs is 3. The molecule has 0 aliphatic heterocycles. The summed E-state index contributed by atoms with van der Waals surface area (Å²) in [5, 5.41) is 7.88. The molecule has 0 bridgehead atoms. The molecule has 0 fully saturated rings. The summed E-state index contributed by atoms with van der Waals surface area (Å²) in [5.41, 5.74) is 4.86. The molecule has 0 N–H and O–H groups in total. The number of nitrogens with zero attached hydrogens (tertiary/aromatic N) is 2. The molecule has 0 saturated heterocycles. The number of rotatable bonds is 4. The zero-order valence-corrected chi connectivity index (χ0v) is 17.4. The van der Waals surface area contributed by atoms with Gasteiger partial charge >= 0.3 is 0 Å². The van der Waals surface area contributed by atoms with Gasteiger partial charge in [-0.15, -0.1) is 0 Å². The van der Waals surface area contributed by atoms with Crippen molar-refractivity contribution in [2.24, 2.45) is 0 Å². The van der Waals surface area contributed by atoms with Gasteiger partial charge in [0.25, 0.3) is 0 Å². The molecule has 0 aliphatic rings. The van der Waals surface area contributed by atoms with Crippen LogP contribution in [0.15, 0.2) is 72.8 Å². The lowest BCUT2D eigenvalue weighted by atomic mass is 9.93. The van der Waals surface area contributed by atoms with Crippen LogP contribution in [-0.2, 0) is 6.54 Å². The van der Waals surface area contributed by atoms with E-state index in [1.807, 2.05) is 0 Å². The summed E-state index contributed by atoms with van der Waals surface area (Å²) in [6.07, 6.45) is 2.31. The molecule has 0 aliphatic carbocycles. The number of hydrogen-bond donors (Lipinski definition) is 0. The third-order valence-corrected chi connectivity index (χ3v) is 6.41. The Morgan fingerprint density at radius 3 is 2.13 bits per heavy atom. The minimum atomic E-state index is 0.983. The first-order chi connectivity index (χ1) is 14.8. The molecular formula is C28H24N2. The molecule has 0 radical (unpaired) electrons. The van der Waals surface area contributed by atoms with Crippen LogP contribution in [0.2, 0.25) is 0 Å². The van der Waals surface area contributed by atoms with Gasteiger partial charge in [-0.05, 0) is 34.9 Å². The third-order valence-electron chi connectivity index (χ3n) is 6.41. The Kier molecular flexibility index (Phi) is 3.82. The largest absolute Gasteiger partial charge is 0.323 e. The van der Waals surface area contributed by atoms with E-state index in [1.54, 1.807) is 0 Å². The van der Waals surface area contributed by atoms with Crippen molar-refractivity contribution in [1.29, 1.82) is 0 Å². The molecule has 2 nitrogen and oxygen atoms in total. The Balaban J connectivity index is 1.83. The van der Waals surface area contributed by atoms with E-state index in [-0.39, 0.29) is 0 Å². The number of imidazole rings is 1. The van der Waals surface area contributed by atoms with Crippen LogP contribution in [0.25, 0.3) is 54.7 Å². The van der Waals surface area contributed by atoms with Crippen LogP contribution in [0, 0.1) is 6.92 Å². The fourth-order valence-corrected chi connectivity index (χ4v) is 4.92. The lowest BCUT2D eigenvalue weighted by Crippen LogP contribution is -2.01. The van der Waals surface area contributed by atoms with E-state index in [9.17, 15) is 0 Å². The molecule has 1 heterocycles. The highest BCUT2D eigenvalue weighted by molar-refractivity contribution is 6.32. The zero-order chi connectivity index (χ0) is 20.2. The van der Waals surface area contributed by atoms with E-state index in [0.717, 1.165) is 30.7 Å². The molecule has 5 aromatic carbocycles. The molecule has 2 heteroatoms. The highest BCUT2D eigenvalue weighted by Gasteiger charge is 2.20. The average molecular weight is 389 g/mol. The number of aromatic nitrogens is 2. The molecule has 0 saturated carbocycles. The van der Waals surface area contributed by atoms with Gasteiger partial charge in [0.1, 0.15) is 5.82 Å². The smallest absolute Gasteiger partial charge is 0.141 e. The van der Waals surface area contributed by atoms with Crippen LogP contribution in [0.4, 0.5) is 0 Å². The van der Waals surface area contributed by atoms with Gasteiger partial charge in [-0.2, -0.15) is 0 Å². The summed E-state index contributed by atoms with van der Waals surface area (Å²) < 4.78 is 2.47. The Morgan fingerprint density at radius 2 is 1.43 bits per heavy atom. The van der Waals surface area contributed by atoms with Crippen molar-refractivity contribution < 1.29 is 0 Å². The van der Waals surface area contributed by atoms with Gasteiger partial charge in [0.15, 0.2) is 0 Å². The second kappa shape index (κ2) is 6.56. The maximum absolute atomic E-state index is 5.28. The summed E-state index contributed by atoms with van der Waals surface area (Å²) in [6.45, 7) is 5.37. The van der Waals surface area contributed by atoms with Gasteiger partial charge in [-0.25, -0.2) is 4.98 Å². The fraction of sp³-hybridized carbons (Fsp3) is 0.179. The van der Waals surface area contributed by atoms with Gasteiger partial charge < -0.3 is 4.57 Å². The van der Waals surface area contributed by atoms with E-state index < -0.39 is 0 Å². The zero-order valence-electron chi connectivity index (χ0n) is 17.4. The van der Waals surface area contributed by atoms with Crippen LogP contribution in [-0.4, -0.2) is 9.55 Å². The summed E-state index contributed by atoms with van der Waals surface area (Å²) in [4.78, 5) is 5.28. The van der Waals surface area contributed by atoms with Crippen LogP contribution in [0.3, 0.4) is 0 Å². The van der Waals surface area contributed by atoms with Gasteiger partial charge in [0.2, 0.25) is 0 Å². The summed E-state index contributed by atoms with van der Waals surface area (Å²) >= 11 is 0. The first-order valence-electron chi connectivity index (χ1n) is 10.9. The molecule has 0 unspecified atom stereocenters. The Bertz CT molecular complexity index is 1520. The highest BCUT2D eigenvalue weighted by Crippen LogP contribution is 2.41. The predicted octanol–water partition coefficient (Wildman–Crippen LogP) is 7.71. The predicted molar refractivity (Wildman–Crippen MR) is 129 cm³/mol. The lowest BCUT2D eigenvalue weighted by molar-refractivity contribution is 0.652. The average Bonchev–Trinajstić information content (AvgIpc) is 3.17. The molecule has 6 aromatic rings. The molecule has 0 atom stereocenters. The van der Waals surface area contributed by atoms with Crippen LogP contribution >= 0.6 is 0 Å². The number of hydrogen-bond acceptors (Lipinski definition) is 1. The highest BCUT2D eigenvalue weighted by atomic mass is 15.1. The van der Waals surface area contributed by atoms with Gasteiger partial charge in [0.05, 0.1) is 11.0 Å². The van der Waals surface area contributed by atoms with Gasteiger partial charge in [-0.3, -0.25) is 0 Å².